The molecule has 108 valence electrons. The van der Waals surface area contributed by atoms with Crippen LogP contribution in [0, 0.1) is 0 Å². The van der Waals surface area contributed by atoms with Gasteiger partial charge < -0.3 is 9.64 Å². The summed E-state index contributed by atoms with van der Waals surface area (Å²) in [6.07, 6.45) is 5.16. The van der Waals surface area contributed by atoms with Crippen molar-refractivity contribution in [3.8, 4) is 5.75 Å². The summed E-state index contributed by atoms with van der Waals surface area (Å²) < 4.78 is 5.38. The summed E-state index contributed by atoms with van der Waals surface area (Å²) in [4.78, 5) is 16.4. The number of amides is 1. The molecule has 0 radical (unpaired) electrons. The zero-order valence-electron chi connectivity index (χ0n) is 11.8. The highest BCUT2D eigenvalue weighted by Gasteiger charge is 2.28. The molecule has 0 N–H and O–H groups in total. The van der Waals surface area contributed by atoms with Crippen LogP contribution in [-0.2, 0) is 0 Å². The lowest BCUT2D eigenvalue weighted by molar-refractivity contribution is 0.0900. The lowest BCUT2D eigenvalue weighted by atomic mass is 10.2. The number of para-hydroxylation sites is 1. The Kier molecular flexibility index (Phi) is 4.21. The van der Waals surface area contributed by atoms with Crippen LogP contribution in [0.3, 0.4) is 0 Å². The Labute approximate surface area is 120 Å². The molecule has 4 heteroatoms. The Morgan fingerprint density at radius 1 is 1.00 bits per heavy atom. The van der Waals surface area contributed by atoms with E-state index in [2.05, 4.69) is 4.90 Å². The van der Waals surface area contributed by atoms with Crippen LogP contribution >= 0.6 is 0 Å². The molecule has 0 bridgehead atoms. The van der Waals surface area contributed by atoms with Crippen molar-refractivity contribution < 1.29 is 9.53 Å². The predicted molar refractivity (Wildman–Crippen MR) is 77.9 cm³/mol. The van der Waals surface area contributed by atoms with E-state index in [1.807, 2.05) is 35.2 Å². The van der Waals surface area contributed by atoms with E-state index in [-0.39, 0.29) is 6.09 Å². The molecule has 0 spiro atoms. The molecule has 0 unspecified atom stereocenters. The van der Waals surface area contributed by atoms with Gasteiger partial charge in [-0.15, -0.1) is 0 Å². The first-order valence-corrected chi connectivity index (χ1v) is 7.59. The number of carbonyl (C=O) groups excluding carboxylic acids is 1. The SMILES string of the molecule is O=C(Oc1ccccc1)N1CCN(C2CCCC2)CC1. The maximum Gasteiger partial charge on any atom is 0.415 e. The van der Waals surface area contributed by atoms with Gasteiger partial charge in [0.15, 0.2) is 0 Å². The van der Waals surface area contributed by atoms with E-state index in [9.17, 15) is 4.79 Å². The van der Waals surface area contributed by atoms with Crippen LogP contribution < -0.4 is 4.74 Å². The highest BCUT2D eigenvalue weighted by molar-refractivity contribution is 5.70. The van der Waals surface area contributed by atoms with Gasteiger partial charge in [0.05, 0.1) is 0 Å². The van der Waals surface area contributed by atoms with Crippen LogP contribution in [0.1, 0.15) is 25.7 Å². The summed E-state index contributed by atoms with van der Waals surface area (Å²) in [7, 11) is 0. The summed E-state index contributed by atoms with van der Waals surface area (Å²) in [5, 5.41) is 0. The minimum Gasteiger partial charge on any atom is -0.410 e. The number of hydrogen-bond donors (Lipinski definition) is 0. The topological polar surface area (TPSA) is 32.8 Å². The minimum absolute atomic E-state index is 0.220. The second-order valence-corrected chi connectivity index (χ2v) is 5.64. The summed E-state index contributed by atoms with van der Waals surface area (Å²) in [6.45, 7) is 3.52. The maximum absolute atomic E-state index is 12.1. The number of carbonyl (C=O) groups is 1. The monoisotopic (exact) mass is 274 g/mol. The molecule has 1 aromatic rings. The van der Waals surface area contributed by atoms with Crippen molar-refractivity contribution in [1.29, 1.82) is 0 Å². The van der Waals surface area contributed by atoms with Gasteiger partial charge in [-0.2, -0.15) is 0 Å². The van der Waals surface area contributed by atoms with Crippen LogP contribution in [0.4, 0.5) is 4.79 Å². The highest BCUT2D eigenvalue weighted by Crippen LogP contribution is 2.24. The molecular formula is C16H22N2O2. The second kappa shape index (κ2) is 6.27. The molecule has 1 saturated heterocycles. The van der Waals surface area contributed by atoms with E-state index in [0.717, 1.165) is 32.2 Å². The zero-order valence-corrected chi connectivity index (χ0v) is 11.8. The number of hydrogen-bond acceptors (Lipinski definition) is 3. The van der Waals surface area contributed by atoms with E-state index in [0.29, 0.717) is 5.75 Å². The number of benzene rings is 1. The number of piperazine rings is 1. The van der Waals surface area contributed by atoms with Gasteiger partial charge in [-0.25, -0.2) is 4.79 Å². The fourth-order valence-electron chi connectivity index (χ4n) is 3.19. The van der Waals surface area contributed by atoms with Crippen molar-refractivity contribution in [3.05, 3.63) is 30.3 Å². The van der Waals surface area contributed by atoms with Crippen molar-refractivity contribution in [2.75, 3.05) is 26.2 Å². The Balaban J connectivity index is 1.49. The third kappa shape index (κ3) is 3.12. The third-order valence-corrected chi connectivity index (χ3v) is 4.36. The van der Waals surface area contributed by atoms with E-state index < -0.39 is 0 Å². The molecular weight excluding hydrogens is 252 g/mol. The quantitative estimate of drug-likeness (QED) is 0.831. The number of nitrogens with zero attached hydrogens (tertiary/aromatic N) is 2. The van der Waals surface area contributed by atoms with E-state index in [1.165, 1.54) is 25.7 Å². The number of ether oxygens (including phenoxy) is 1. The average Bonchev–Trinajstić information content (AvgIpc) is 3.03. The summed E-state index contributed by atoms with van der Waals surface area (Å²) in [5.74, 6) is 0.621. The average molecular weight is 274 g/mol. The first kappa shape index (κ1) is 13.4. The normalized spacial score (nSPS) is 21.1. The third-order valence-electron chi connectivity index (χ3n) is 4.36. The van der Waals surface area contributed by atoms with Gasteiger partial charge >= 0.3 is 6.09 Å². The summed E-state index contributed by atoms with van der Waals surface area (Å²) in [6, 6.07) is 10.0. The molecule has 2 aliphatic rings. The first-order valence-electron chi connectivity index (χ1n) is 7.59. The molecule has 4 nitrogen and oxygen atoms in total. The fraction of sp³-hybridized carbons (Fsp3) is 0.562. The van der Waals surface area contributed by atoms with Crippen LogP contribution in [0.2, 0.25) is 0 Å². The predicted octanol–water partition coefficient (Wildman–Crippen LogP) is 2.75. The van der Waals surface area contributed by atoms with Crippen molar-refractivity contribution in [2.45, 2.75) is 31.7 Å². The van der Waals surface area contributed by atoms with Gasteiger partial charge in [-0.1, -0.05) is 31.0 Å². The Morgan fingerprint density at radius 3 is 2.30 bits per heavy atom. The summed E-state index contributed by atoms with van der Waals surface area (Å²) in [5.41, 5.74) is 0. The minimum atomic E-state index is -0.220. The van der Waals surface area contributed by atoms with Gasteiger partial charge in [-0.05, 0) is 25.0 Å². The van der Waals surface area contributed by atoms with Gasteiger partial charge in [0, 0.05) is 32.2 Å². The molecule has 1 heterocycles. The highest BCUT2D eigenvalue weighted by atomic mass is 16.6. The Hall–Kier alpha value is -1.55. The smallest absolute Gasteiger partial charge is 0.410 e. The fourth-order valence-corrected chi connectivity index (χ4v) is 3.19. The molecule has 2 fully saturated rings. The first-order chi connectivity index (χ1) is 9.83. The van der Waals surface area contributed by atoms with E-state index in [4.69, 9.17) is 4.74 Å². The van der Waals surface area contributed by atoms with Crippen LogP contribution in [0.5, 0.6) is 5.75 Å². The Bertz CT molecular complexity index is 435. The summed E-state index contributed by atoms with van der Waals surface area (Å²) >= 11 is 0. The van der Waals surface area contributed by atoms with Crippen molar-refractivity contribution in [1.82, 2.24) is 9.80 Å². The molecule has 1 aliphatic heterocycles. The van der Waals surface area contributed by atoms with Crippen molar-refractivity contribution in [3.63, 3.8) is 0 Å². The van der Waals surface area contributed by atoms with Crippen LogP contribution in [0.25, 0.3) is 0 Å². The molecule has 0 aromatic heterocycles. The molecule has 1 aliphatic carbocycles. The van der Waals surface area contributed by atoms with Crippen molar-refractivity contribution in [2.24, 2.45) is 0 Å². The number of rotatable bonds is 2. The van der Waals surface area contributed by atoms with E-state index >= 15 is 0 Å². The molecule has 3 rings (SSSR count). The molecule has 1 aromatic carbocycles. The molecule has 1 amide bonds. The molecule has 20 heavy (non-hydrogen) atoms. The molecule has 1 saturated carbocycles. The Morgan fingerprint density at radius 2 is 1.65 bits per heavy atom. The van der Waals surface area contributed by atoms with Gasteiger partial charge in [0.2, 0.25) is 0 Å². The van der Waals surface area contributed by atoms with Crippen LogP contribution in [0.15, 0.2) is 30.3 Å². The molecule has 0 atom stereocenters. The largest absolute Gasteiger partial charge is 0.415 e. The maximum atomic E-state index is 12.1. The van der Waals surface area contributed by atoms with Crippen molar-refractivity contribution >= 4 is 6.09 Å². The standard InChI is InChI=1S/C16H22N2O2/c19-16(20-15-8-2-1-3-9-15)18-12-10-17(11-13-18)14-6-4-5-7-14/h1-3,8-9,14H,4-7,10-13H2. The zero-order chi connectivity index (χ0) is 13.8. The second-order valence-electron chi connectivity index (χ2n) is 5.64. The van der Waals surface area contributed by atoms with E-state index in [1.54, 1.807) is 0 Å². The lowest BCUT2D eigenvalue weighted by Gasteiger charge is -2.37. The van der Waals surface area contributed by atoms with Gasteiger partial charge in [0.25, 0.3) is 0 Å². The lowest BCUT2D eigenvalue weighted by Crippen LogP contribution is -2.52. The van der Waals surface area contributed by atoms with Gasteiger partial charge in [0.1, 0.15) is 5.75 Å². The van der Waals surface area contributed by atoms with Gasteiger partial charge in [-0.3, -0.25) is 4.90 Å². The van der Waals surface area contributed by atoms with Crippen LogP contribution in [-0.4, -0.2) is 48.1 Å².